The highest BCUT2D eigenvalue weighted by Crippen LogP contribution is 2.30. The molecule has 9 heteroatoms. The molecule has 27 heavy (non-hydrogen) atoms. The lowest BCUT2D eigenvalue weighted by Gasteiger charge is -2.41. The van der Waals surface area contributed by atoms with Gasteiger partial charge in [-0.1, -0.05) is 0 Å². The van der Waals surface area contributed by atoms with Crippen molar-refractivity contribution in [1.29, 1.82) is 0 Å². The minimum atomic E-state index is -3.54. The number of nitrogens with one attached hydrogen (secondary N) is 1. The number of rotatable bonds is 3. The molecule has 0 atom stereocenters. The average Bonchev–Trinajstić information content (AvgIpc) is 2.98. The molecular weight excluding hydrogens is 370 g/mol. The van der Waals surface area contributed by atoms with Gasteiger partial charge in [0.25, 0.3) is 5.91 Å². The van der Waals surface area contributed by atoms with Crippen LogP contribution in [-0.4, -0.2) is 80.3 Å². The van der Waals surface area contributed by atoms with E-state index in [0.29, 0.717) is 56.4 Å². The second-order valence-electron chi connectivity index (χ2n) is 7.43. The number of furan rings is 1. The molecule has 0 aliphatic carbocycles. The van der Waals surface area contributed by atoms with Crippen LogP contribution in [-0.2, 0) is 14.6 Å². The maximum atomic E-state index is 13.1. The molecule has 8 nitrogen and oxygen atoms in total. The summed E-state index contributed by atoms with van der Waals surface area (Å²) in [5.74, 6) is 0.831. The van der Waals surface area contributed by atoms with Crippen molar-refractivity contribution in [2.45, 2.75) is 31.4 Å². The lowest BCUT2D eigenvalue weighted by molar-refractivity contribution is -0.136. The van der Waals surface area contributed by atoms with Crippen molar-refractivity contribution in [2.24, 2.45) is 0 Å². The summed E-state index contributed by atoms with van der Waals surface area (Å²) in [6.45, 7) is 6.01. The summed E-state index contributed by atoms with van der Waals surface area (Å²) in [5.41, 5.74) is 0.540. The average molecular weight is 397 g/mol. The molecule has 2 amide bonds. The Bertz CT molecular complexity index is 831. The number of piperidine rings is 1. The van der Waals surface area contributed by atoms with Crippen molar-refractivity contribution in [2.75, 3.05) is 45.5 Å². The summed E-state index contributed by atoms with van der Waals surface area (Å²) < 4.78 is 29.0. The third kappa shape index (κ3) is 3.62. The molecule has 3 rings (SSSR count). The van der Waals surface area contributed by atoms with Crippen molar-refractivity contribution in [3.8, 4) is 0 Å². The second-order valence-corrected chi connectivity index (χ2v) is 9.75. The lowest BCUT2D eigenvalue weighted by Crippen LogP contribution is -2.61. The molecule has 0 unspecified atom stereocenters. The summed E-state index contributed by atoms with van der Waals surface area (Å²) in [6.07, 6.45) is 1.73. The molecule has 2 aliphatic heterocycles. The van der Waals surface area contributed by atoms with Gasteiger partial charge in [0.1, 0.15) is 11.5 Å². The number of piperazine rings is 1. The fourth-order valence-corrected chi connectivity index (χ4v) is 5.38. The number of carbonyl (C=O) groups is 2. The van der Waals surface area contributed by atoms with Crippen molar-refractivity contribution < 1.29 is 22.4 Å². The van der Waals surface area contributed by atoms with Gasteiger partial charge in [0.05, 0.1) is 5.56 Å². The van der Waals surface area contributed by atoms with Crippen LogP contribution in [0, 0.1) is 13.8 Å². The Balaban J connectivity index is 1.70. The maximum absolute atomic E-state index is 13.1. The quantitative estimate of drug-likeness (QED) is 0.790. The summed E-state index contributed by atoms with van der Waals surface area (Å²) >= 11 is 0. The topological polar surface area (TPSA) is 99.9 Å². The van der Waals surface area contributed by atoms with Crippen molar-refractivity contribution in [3.63, 3.8) is 0 Å². The fourth-order valence-electron chi connectivity index (χ4n) is 3.99. The predicted octanol–water partition coefficient (Wildman–Crippen LogP) is 0.348. The van der Waals surface area contributed by atoms with E-state index in [4.69, 9.17) is 4.42 Å². The largest absolute Gasteiger partial charge is 0.466 e. The zero-order valence-electron chi connectivity index (χ0n) is 16.1. The predicted molar refractivity (Wildman–Crippen MR) is 100 cm³/mol. The first-order valence-corrected chi connectivity index (χ1v) is 11.1. The Morgan fingerprint density at radius 1 is 1.07 bits per heavy atom. The van der Waals surface area contributed by atoms with Crippen LogP contribution in [0.5, 0.6) is 0 Å². The standard InChI is InChI=1S/C18H27N3O5S/c1-13-12-15(14(2)26-13)16(22)20-8-10-21(11-9-20)17(23)18(27(3,24)25)4-6-19-7-5-18/h12,19H,4-11H2,1-3H3. The van der Waals surface area contributed by atoms with E-state index < -0.39 is 14.6 Å². The molecule has 1 aromatic rings. The molecule has 3 heterocycles. The highest BCUT2D eigenvalue weighted by molar-refractivity contribution is 7.92. The van der Waals surface area contributed by atoms with Crippen LogP contribution in [0.4, 0.5) is 0 Å². The molecule has 0 spiro atoms. The second kappa shape index (κ2) is 7.27. The van der Waals surface area contributed by atoms with Gasteiger partial charge in [-0.25, -0.2) is 8.42 Å². The first-order chi connectivity index (χ1) is 12.7. The number of amides is 2. The number of carbonyl (C=O) groups excluding carboxylic acids is 2. The summed E-state index contributed by atoms with van der Waals surface area (Å²) in [5, 5.41) is 3.12. The first-order valence-electron chi connectivity index (χ1n) is 9.22. The molecule has 2 fully saturated rings. The number of hydrogen-bond donors (Lipinski definition) is 1. The Morgan fingerprint density at radius 3 is 2.11 bits per heavy atom. The van der Waals surface area contributed by atoms with E-state index >= 15 is 0 Å². The van der Waals surface area contributed by atoms with Crippen molar-refractivity contribution >= 4 is 21.7 Å². The van der Waals surface area contributed by atoms with Crippen molar-refractivity contribution in [3.05, 3.63) is 23.2 Å². The van der Waals surface area contributed by atoms with Crippen molar-refractivity contribution in [1.82, 2.24) is 15.1 Å². The fraction of sp³-hybridized carbons (Fsp3) is 0.667. The van der Waals surface area contributed by atoms with E-state index in [1.165, 1.54) is 0 Å². The smallest absolute Gasteiger partial charge is 0.257 e. The van der Waals surface area contributed by atoms with E-state index in [1.807, 2.05) is 0 Å². The normalized spacial score (nSPS) is 20.6. The lowest BCUT2D eigenvalue weighted by atomic mass is 9.94. The van der Waals surface area contributed by atoms with E-state index in [1.54, 1.807) is 29.7 Å². The van der Waals surface area contributed by atoms with Gasteiger partial charge in [-0.05, 0) is 45.8 Å². The Morgan fingerprint density at radius 2 is 1.63 bits per heavy atom. The number of nitrogens with zero attached hydrogens (tertiary/aromatic N) is 2. The van der Waals surface area contributed by atoms with Gasteiger partial charge >= 0.3 is 0 Å². The van der Waals surface area contributed by atoms with Gasteiger partial charge in [-0.3, -0.25) is 9.59 Å². The third-order valence-electron chi connectivity index (χ3n) is 5.64. The number of aryl methyl sites for hydroxylation is 2. The van der Waals surface area contributed by atoms with Crippen LogP contribution in [0.15, 0.2) is 10.5 Å². The van der Waals surface area contributed by atoms with Gasteiger partial charge in [-0.15, -0.1) is 0 Å². The molecule has 1 aromatic heterocycles. The number of sulfone groups is 1. The molecule has 2 aliphatic rings. The third-order valence-corrected chi connectivity index (χ3v) is 7.64. The summed E-state index contributed by atoms with van der Waals surface area (Å²) in [7, 11) is -3.54. The van der Waals surface area contributed by atoms with Gasteiger partial charge in [0.15, 0.2) is 14.6 Å². The van der Waals surface area contributed by atoms with E-state index in [-0.39, 0.29) is 24.7 Å². The highest BCUT2D eigenvalue weighted by atomic mass is 32.2. The molecule has 0 radical (unpaired) electrons. The van der Waals surface area contributed by atoms with Crippen LogP contribution in [0.1, 0.15) is 34.7 Å². The molecule has 0 bridgehead atoms. The highest BCUT2D eigenvalue weighted by Gasteiger charge is 2.50. The van der Waals surface area contributed by atoms with E-state index in [2.05, 4.69) is 5.32 Å². The van der Waals surface area contributed by atoms with Gasteiger partial charge < -0.3 is 19.5 Å². The molecule has 0 aromatic carbocycles. The monoisotopic (exact) mass is 397 g/mol. The minimum Gasteiger partial charge on any atom is -0.466 e. The Hall–Kier alpha value is -1.87. The van der Waals surface area contributed by atoms with Gasteiger partial charge in [0, 0.05) is 32.4 Å². The molecular formula is C18H27N3O5S. The first kappa shape index (κ1) is 19.9. The summed E-state index contributed by atoms with van der Waals surface area (Å²) in [6, 6.07) is 1.73. The van der Waals surface area contributed by atoms with Gasteiger partial charge in [-0.2, -0.15) is 0 Å². The maximum Gasteiger partial charge on any atom is 0.257 e. The molecule has 2 saturated heterocycles. The van der Waals surface area contributed by atoms with Gasteiger partial charge in [0.2, 0.25) is 5.91 Å². The van der Waals surface area contributed by atoms with Crippen LogP contribution in [0.2, 0.25) is 0 Å². The van der Waals surface area contributed by atoms with Crippen LogP contribution < -0.4 is 5.32 Å². The SMILES string of the molecule is Cc1cc(C(=O)N2CCN(C(=O)C3(S(C)(=O)=O)CCNCC3)CC2)c(C)o1. The molecule has 1 N–H and O–H groups in total. The zero-order chi connectivity index (χ0) is 19.8. The minimum absolute atomic E-state index is 0.115. The van der Waals surface area contributed by atoms with Crippen LogP contribution in [0.3, 0.4) is 0 Å². The number of hydrogen-bond acceptors (Lipinski definition) is 6. The molecule has 150 valence electrons. The van der Waals surface area contributed by atoms with Crippen LogP contribution in [0.25, 0.3) is 0 Å². The van der Waals surface area contributed by atoms with Crippen LogP contribution >= 0.6 is 0 Å². The van der Waals surface area contributed by atoms with E-state index in [0.717, 1.165) is 6.26 Å². The summed E-state index contributed by atoms with van der Waals surface area (Å²) in [4.78, 5) is 29.1. The Labute approximate surface area is 159 Å². The zero-order valence-corrected chi connectivity index (χ0v) is 16.9. The van der Waals surface area contributed by atoms with E-state index in [9.17, 15) is 18.0 Å². The Kier molecular flexibility index (Phi) is 5.36. The molecule has 0 saturated carbocycles.